The Morgan fingerprint density at radius 3 is 2.48 bits per heavy atom. The van der Waals surface area contributed by atoms with Gasteiger partial charge in [0, 0.05) is 17.5 Å². The fraction of sp³-hybridized carbons (Fsp3) is 0.200. The van der Waals surface area contributed by atoms with Crippen LogP contribution in [0, 0.1) is 0 Å². The first-order valence-corrected chi connectivity index (χ1v) is 8.53. The van der Waals surface area contributed by atoms with Crippen molar-refractivity contribution < 1.29 is 9.59 Å². The molecule has 8 heteroatoms. The molecule has 0 saturated carbocycles. The Hall–Kier alpha value is -1.27. The van der Waals surface area contributed by atoms with E-state index in [0.29, 0.717) is 21.5 Å². The Labute approximate surface area is 152 Å². The number of rotatable bonds is 5. The van der Waals surface area contributed by atoms with Crippen LogP contribution in [0.15, 0.2) is 30.3 Å². The maximum absolute atomic E-state index is 12.0. The Morgan fingerprint density at radius 2 is 1.87 bits per heavy atom. The zero-order valence-electron chi connectivity index (χ0n) is 12.1. The van der Waals surface area contributed by atoms with Gasteiger partial charge in [0.25, 0.3) is 5.91 Å². The van der Waals surface area contributed by atoms with Gasteiger partial charge in [-0.05, 0) is 30.3 Å². The van der Waals surface area contributed by atoms with Crippen LogP contribution in [-0.2, 0) is 11.3 Å². The van der Waals surface area contributed by atoms with Crippen molar-refractivity contribution in [1.29, 1.82) is 0 Å². The Kier molecular flexibility index (Phi) is 6.30. The van der Waals surface area contributed by atoms with E-state index in [2.05, 4.69) is 5.32 Å². The minimum Gasteiger partial charge on any atom is -0.343 e. The lowest BCUT2D eigenvalue weighted by molar-refractivity contribution is -0.129. The van der Waals surface area contributed by atoms with Crippen LogP contribution in [0.25, 0.3) is 0 Å². The molecule has 4 nitrogen and oxygen atoms in total. The van der Waals surface area contributed by atoms with Crippen LogP contribution < -0.4 is 5.32 Å². The number of thiophene rings is 1. The smallest absolute Gasteiger partial charge is 0.251 e. The van der Waals surface area contributed by atoms with Crippen molar-refractivity contribution in [2.75, 3.05) is 13.6 Å². The quantitative estimate of drug-likeness (QED) is 0.834. The molecule has 0 aliphatic carbocycles. The van der Waals surface area contributed by atoms with Gasteiger partial charge in [0.2, 0.25) is 5.91 Å². The van der Waals surface area contributed by atoms with E-state index in [1.54, 1.807) is 19.2 Å². The first-order chi connectivity index (χ1) is 10.9. The molecule has 122 valence electrons. The molecule has 23 heavy (non-hydrogen) atoms. The summed E-state index contributed by atoms with van der Waals surface area (Å²) in [7, 11) is 1.67. The molecule has 0 aliphatic heterocycles. The van der Waals surface area contributed by atoms with E-state index in [9.17, 15) is 9.59 Å². The number of hydrogen-bond donors (Lipinski definition) is 1. The number of halogens is 3. The minimum atomic E-state index is -0.385. The van der Waals surface area contributed by atoms with Gasteiger partial charge in [0.15, 0.2) is 0 Å². The SMILES string of the molecule is CN(Cc1ccc(Cl)s1)C(=O)CNC(=O)c1ccc(Cl)c(Cl)c1. The number of likely N-dealkylation sites (N-methyl/N-ethyl adjacent to an activating group) is 1. The molecule has 0 bridgehead atoms. The summed E-state index contributed by atoms with van der Waals surface area (Å²) in [5, 5.41) is 3.22. The lowest BCUT2D eigenvalue weighted by atomic mass is 10.2. The molecule has 1 N–H and O–H groups in total. The molecule has 1 aromatic carbocycles. The average Bonchev–Trinajstić information content (AvgIpc) is 2.92. The van der Waals surface area contributed by atoms with Gasteiger partial charge in [0.05, 0.1) is 27.5 Å². The van der Waals surface area contributed by atoms with E-state index < -0.39 is 0 Å². The van der Waals surface area contributed by atoms with Crippen LogP contribution >= 0.6 is 46.1 Å². The number of carbonyl (C=O) groups excluding carboxylic acids is 2. The lowest BCUT2D eigenvalue weighted by Gasteiger charge is -2.16. The Bertz CT molecular complexity index is 733. The standard InChI is InChI=1S/C15H13Cl3N2O2S/c1-20(8-10-3-5-13(18)23-10)14(21)7-19-15(22)9-2-4-11(16)12(17)6-9/h2-6H,7-8H2,1H3,(H,19,22). The molecule has 2 aromatic rings. The molecule has 0 aliphatic rings. The highest BCUT2D eigenvalue weighted by molar-refractivity contribution is 7.16. The number of hydrogen-bond acceptors (Lipinski definition) is 3. The van der Waals surface area contributed by atoms with Gasteiger partial charge in [-0.1, -0.05) is 34.8 Å². The van der Waals surface area contributed by atoms with Gasteiger partial charge in [-0.3, -0.25) is 9.59 Å². The van der Waals surface area contributed by atoms with Crippen molar-refractivity contribution in [1.82, 2.24) is 10.2 Å². The predicted octanol–water partition coefficient (Wildman–Crippen LogP) is 4.10. The summed E-state index contributed by atoms with van der Waals surface area (Å²) in [6, 6.07) is 8.19. The summed E-state index contributed by atoms with van der Waals surface area (Å²) in [5.74, 6) is -0.590. The molecule has 1 heterocycles. The minimum absolute atomic E-state index is 0.102. The fourth-order valence-corrected chi connectivity index (χ4v) is 3.23. The zero-order valence-corrected chi connectivity index (χ0v) is 15.2. The number of benzene rings is 1. The molecule has 2 amide bonds. The molecule has 0 radical (unpaired) electrons. The summed E-state index contributed by atoms with van der Waals surface area (Å²) in [6.45, 7) is 0.341. The average molecular weight is 392 g/mol. The summed E-state index contributed by atoms with van der Waals surface area (Å²) in [5.41, 5.74) is 0.347. The highest BCUT2D eigenvalue weighted by Gasteiger charge is 2.13. The molecule has 0 fully saturated rings. The molecule has 2 rings (SSSR count). The van der Waals surface area contributed by atoms with Gasteiger partial charge < -0.3 is 10.2 Å². The molecule has 0 atom stereocenters. The van der Waals surface area contributed by atoms with Gasteiger partial charge >= 0.3 is 0 Å². The predicted molar refractivity (Wildman–Crippen MR) is 94.6 cm³/mol. The van der Waals surface area contributed by atoms with Crippen molar-refractivity contribution in [2.45, 2.75) is 6.54 Å². The number of nitrogens with one attached hydrogen (secondary N) is 1. The Balaban J connectivity index is 1.87. The van der Waals surface area contributed by atoms with Crippen molar-refractivity contribution >= 4 is 58.0 Å². The highest BCUT2D eigenvalue weighted by Crippen LogP contribution is 2.23. The first kappa shape index (κ1) is 18.1. The molecular formula is C15H13Cl3N2O2S. The van der Waals surface area contributed by atoms with Crippen molar-refractivity contribution in [3.05, 3.63) is 55.2 Å². The van der Waals surface area contributed by atoms with Gasteiger partial charge in [0.1, 0.15) is 0 Å². The second kappa shape index (κ2) is 8.02. The van der Waals surface area contributed by atoms with Crippen LogP contribution in [0.4, 0.5) is 0 Å². The summed E-state index contributed by atoms with van der Waals surface area (Å²) >= 11 is 18.9. The largest absolute Gasteiger partial charge is 0.343 e. The number of carbonyl (C=O) groups is 2. The molecule has 0 spiro atoms. The molecule has 1 aromatic heterocycles. The topological polar surface area (TPSA) is 49.4 Å². The van der Waals surface area contributed by atoms with Crippen LogP contribution in [0.1, 0.15) is 15.2 Å². The first-order valence-electron chi connectivity index (χ1n) is 6.58. The third-order valence-corrected chi connectivity index (χ3v) is 4.98. The summed E-state index contributed by atoms with van der Waals surface area (Å²) < 4.78 is 0.675. The fourth-order valence-electron chi connectivity index (χ4n) is 1.79. The highest BCUT2D eigenvalue weighted by atomic mass is 35.5. The van der Waals surface area contributed by atoms with E-state index in [1.165, 1.54) is 28.4 Å². The zero-order chi connectivity index (χ0) is 17.0. The van der Waals surface area contributed by atoms with Crippen LogP contribution in [0.3, 0.4) is 0 Å². The van der Waals surface area contributed by atoms with Crippen LogP contribution in [-0.4, -0.2) is 30.3 Å². The third kappa shape index (κ3) is 5.11. The maximum atomic E-state index is 12.0. The lowest BCUT2D eigenvalue weighted by Crippen LogP contribution is -2.37. The van der Waals surface area contributed by atoms with E-state index in [-0.39, 0.29) is 23.4 Å². The second-order valence-corrected chi connectivity index (χ2v) is 7.38. The van der Waals surface area contributed by atoms with Crippen molar-refractivity contribution in [3.8, 4) is 0 Å². The third-order valence-electron chi connectivity index (χ3n) is 3.03. The van der Waals surface area contributed by atoms with Gasteiger partial charge in [-0.15, -0.1) is 11.3 Å². The van der Waals surface area contributed by atoms with Crippen molar-refractivity contribution in [3.63, 3.8) is 0 Å². The summed E-state index contributed by atoms with van der Waals surface area (Å²) in [6.07, 6.45) is 0. The van der Waals surface area contributed by atoms with Crippen molar-refractivity contribution in [2.24, 2.45) is 0 Å². The van der Waals surface area contributed by atoms with E-state index in [0.717, 1.165) is 4.88 Å². The van der Waals surface area contributed by atoms with Crippen LogP contribution in [0.2, 0.25) is 14.4 Å². The Morgan fingerprint density at radius 1 is 1.13 bits per heavy atom. The number of nitrogens with zero attached hydrogens (tertiary/aromatic N) is 1. The normalized spacial score (nSPS) is 10.4. The van der Waals surface area contributed by atoms with E-state index in [4.69, 9.17) is 34.8 Å². The second-order valence-electron chi connectivity index (χ2n) is 4.77. The monoisotopic (exact) mass is 390 g/mol. The molecular weight excluding hydrogens is 379 g/mol. The molecule has 0 unspecified atom stereocenters. The molecule has 0 saturated heterocycles. The maximum Gasteiger partial charge on any atom is 0.251 e. The summed E-state index contributed by atoms with van der Waals surface area (Å²) in [4.78, 5) is 26.5. The van der Waals surface area contributed by atoms with E-state index >= 15 is 0 Å². The van der Waals surface area contributed by atoms with Gasteiger partial charge in [-0.25, -0.2) is 0 Å². The van der Waals surface area contributed by atoms with E-state index in [1.807, 2.05) is 6.07 Å². The number of amides is 2. The van der Waals surface area contributed by atoms with Gasteiger partial charge in [-0.2, -0.15) is 0 Å². The van der Waals surface area contributed by atoms with Crippen LogP contribution in [0.5, 0.6) is 0 Å².